The summed E-state index contributed by atoms with van der Waals surface area (Å²) in [5, 5.41) is 0. The first-order chi connectivity index (χ1) is 6.82. The van der Waals surface area contributed by atoms with Crippen LogP contribution in [0.3, 0.4) is 0 Å². The Morgan fingerprint density at radius 2 is 1.80 bits per heavy atom. The number of nitrogen functional groups attached to an aromatic ring is 2. The van der Waals surface area contributed by atoms with E-state index in [0.717, 1.165) is 6.07 Å². The summed E-state index contributed by atoms with van der Waals surface area (Å²) in [7, 11) is 0. The fourth-order valence-electron chi connectivity index (χ4n) is 0.842. The monoisotopic (exact) mass is 224 g/mol. The Bertz CT molecular complexity index is 353. The molecule has 0 heterocycles. The number of rotatable bonds is 2. The third-order valence-corrected chi connectivity index (χ3v) is 1.59. The molecule has 0 bridgehead atoms. The maximum absolute atomic E-state index is 12.5. The zero-order valence-corrected chi connectivity index (χ0v) is 7.38. The van der Waals surface area contributed by atoms with E-state index in [1.54, 1.807) is 0 Å². The Kier molecular flexibility index (Phi) is 2.92. The predicted octanol–water partition coefficient (Wildman–Crippen LogP) is 2.09. The van der Waals surface area contributed by atoms with E-state index in [2.05, 4.69) is 4.74 Å². The zero-order valence-electron chi connectivity index (χ0n) is 7.38. The number of para-hydroxylation sites is 1. The van der Waals surface area contributed by atoms with Crippen LogP contribution in [-0.2, 0) is 0 Å². The summed E-state index contributed by atoms with van der Waals surface area (Å²) >= 11 is 0. The minimum Gasteiger partial charge on any atom is -0.450 e. The molecule has 1 unspecified atom stereocenters. The van der Waals surface area contributed by atoms with Crippen LogP contribution >= 0.6 is 0 Å². The van der Waals surface area contributed by atoms with Gasteiger partial charge in [-0.1, -0.05) is 6.07 Å². The Balaban J connectivity index is 2.86. The van der Waals surface area contributed by atoms with Gasteiger partial charge in [0.2, 0.25) is 0 Å². The molecule has 1 aromatic rings. The van der Waals surface area contributed by atoms with Crippen LogP contribution < -0.4 is 16.2 Å². The van der Waals surface area contributed by atoms with Gasteiger partial charge >= 0.3 is 12.5 Å². The SMILES string of the molecule is Nc1cccc(OC(F)C(F)(F)F)c1N. The molecule has 7 heteroatoms. The van der Waals surface area contributed by atoms with Gasteiger partial charge in [-0.3, -0.25) is 0 Å². The summed E-state index contributed by atoms with van der Waals surface area (Å²) in [6.07, 6.45) is -8.50. The van der Waals surface area contributed by atoms with Crippen LogP contribution in [0.1, 0.15) is 0 Å². The van der Waals surface area contributed by atoms with Gasteiger partial charge in [-0.2, -0.15) is 17.6 Å². The molecule has 0 aliphatic carbocycles. The molecule has 84 valence electrons. The summed E-state index contributed by atoms with van der Waals surface area (Å²) in [5.74, 6) is -0.431. The van der Waals surface area contributed by atoms with Crippen LogP contribution in [0.15, 0.2) is 18.2 Å². The number of hydrogen-bond donors (Lipinski definition) is 2. The molecule has 1 aromatic carbocycles. The summed E-state index contributed by atoms with van der Waals surface area (Å²) in [6, 6.07) is 3.77. The second-order valence-electron chi connectivity index (χ2n) is 2.73. The maximum Gasteiger partial charge on any atom is 0.457 e. The number of benzene rings is 1. The summed E-state index contributed by atoms with van der Waals surface area (Å²) in [5.41, 5.74) is 10.4. The normalized spacial score (nSPS) is 13.6. The molecule has 3 nitrogen and oxygen atoms in total. The molecule has 0 spiro atoms. The van der Waals surface area contributed by atoms with E-state index in [1.165, 1.54) is 12.1 Å². The van der Waals surface area contributed by atoms with Gasteiger partial charge in [0.15, 0.2) is 0 Å². The molecule has 4 N–H and O–H groups in total. The average molecular weight is 224 g/mol. The van der Waals surface area contributed by atoms with E-state index in [1.807, 2.05) is 0 Å². The molecule has 0 aliphatic heterocycles. The third kappa shape index (κ3) is 2.64. The van der Waals surface area contributed by atoms with Crippen molar-refractivity contribution in [2.45, 2.75) is 12.5 Å². The third-order valence-electron chi connectivity index (χ3n) is 1.59. The van der Waals surface area contributed by atoms with Gasteiger partial charge in [0.05, 0.1) is 11.4 Å². The minimum atomic E-state index is -5.09. The number of hydrogen-bond acceptors (Lipinski definition) is 3. The predicted molar refractivity (Wildman–Crippen MR) is 46.8 cm³/mol. The van der Waals surface area contributed by atoms with Gasteiger partial charge in [-0.05, 0) is 12.1 Å². The van der Waals surface area contributed by atoms with Gasteiger partial charge < -0.3 is 16.2 Å². The van der Waals surface area contributed by atoms with Gasteiger partial charge in [0, 0.05) is 0 Å². The summed E-state index contributed by atoms with van der Waals surface area (Å²) in [6.45, 7) is 0. The second-order valence-corrected chi connectivity index (χ2v) is 2.73. The highest BCUT2D eigenvalue weighted by atomic mass is 19.4. The Morgan fingerprint density at radius 1 is 1.20 bits per heavy atom. The van der Waals surface area contributed by atoms with Crippen molar-refractivity contribution < 1.29 is 22.3 Å². The van der Waals surface area contributed by atoms with Crippen molar-refractivity contribution >= 4 is 11.4 Å². The van der Waals surface area contributed by atoms with E-state index >= 15 is 0 Å². The van der Waals surface area contributed by atoms with Crippen molar-refractivity contribution in [3.63, 3.8) is 0 Å². The van der Waals surface area contributed by atoms with E-state index in [4.69, 9.17) is 11.5 Å². The Labute approximate surface area is 82.6 Å². The first kappa shape index (κ1) is 11.4. The molecule has 0 fully saturated rings. The van der Waals surface area contributed by atoms with Crippen LogP contribution in [0.2, 0.25) is 0 Å². The lowest BCUT2D eigenvalue weighted by Crippen LogP contribution is -2.30. The van der Waals surface area contributed by atoms with E-state index in [9.17, 15) is 17.6 Å². The Hall–Kier alpha value is -1.66. The van der Waals surface area contributed by atoms with Crippen LogP contribution in [-0.4, -0.2) is 12.5 Å². The molecule has 1 rings (SSSR count). The number of nitrogens with two attached hydrogens (primary N) is 2. The van der Waals surface area contributed by atoms with Gasteiger partial charge in [-0.15, -0.1) is 0 Å². The van der Waals surface area contributed by atoms with E-state index in [0.29, 0.717) is 0 Å². The highest BCUT2D eigenvalue weighted by Gasteiger charge is 2.42. The molecule has 1 atom stereocenters. The lowest BCUT2D eigenvalue weighted by atomic mass is 10.2. The Morgan fingerprint density at radius 3 is 2.33 bits per heavy atom. The smallest absolute Gasteiger partial charge is 0.450 e. The number of ether oxygens (including phenoxy) is 1. The topological polar surface area (TPSA) is 61.3 Å². The maximum atomic E-state index is 12.5. The van der Waals surface area contributed by atoms with E-state index in [-0.39, 0.29) is 11.4 Å². The fourth-order valence-corrected chi connectivity index (χ4v) is 0.842. The highest BCUT2D eigenvalue weighted by Crippen LogP contribution is 2.31. The molecule has 0 amide bonds. The van der Waals surface area contributed by atoms with Crippen molar-refractivity contribution in [3.05, 3.63) is 18.2 Å². The molecule has 0 aliphatic rings. The molecule has 15 heavy (non-hydrogen) atoms. The lowest BCUT2D eigenvalue weighted by molar-refractivity contribution is -0.236. The molecule has 0 saturated heterocycles. The lowest BCUT2D eigenvalue weighted by Gasteiger charge is -2.15. The van der Waals surface area contributed by atoms with Crippen LogP contribution in [0, 0.1) is 0 Å². The van der Waals surface area contributed by atoms with Crippen molar-refractivity contribution in [1.29, 1.82) is 0 Å². The van der Waals surface area contributed by atoms with Gasteiger partial charge in [-0.25, -0.2) is 0 Å². The molecule has 0 radical (unpaired) electrons. The van der Waals surface area contributed by atoms with Crippen molar-refractivity contribution in [1.82, 2.24) is 0 Å². The largest absolute Gasteiger partial charge is 0.457 e. The highest BCUT2D eigenvalue weighted by molar-refractivity contribution is 5.70. The fraction of sp³-hybridized carbons (Fsp3) is 0.250. The van der Waals surface area contributed by atoms with Crippen LogP contribution in [0.25, 0.3) is 0 Å². The summed E-state index contributed by atoms with van der Waals surface area (Å²) in [4.78, 5) is 0. The van der Waals surface area contributed by atoms with Crippen LogP contribution in [0.5, 0.6) is 5.75 Å². The van der Waals surface area contributed by atoms with Gasteiger partial charge in [0.1, 0.15) is 5.75 Å². The van der Waals surface area contributed by atoms with Crippen molar-refractivity contribution in [2.75, 3.05) is 11.5 Å². The average Bonchev–Trinajstić information content (AvgIpc) is 2.11. The quantitative estimate of drug-likeness (QED) is 0.597. The number of halogens is 4. The molecular weight excluding hydrogens is 216 g/mol. The number of alkyl halides is 4. The van der Waals surface area contributed by atoms with Crippen LogP contribution in [0.4, 0.5) is 28.9 Å². The first-order valence-corrected chi connectivity index (χ1v) is 3.84. The summed E-state index contributed by atoms with van der Waals surface area (Å²) < 4.78 is 51.8. The zero-order chi connectivity index (χ0) is 11.6. The minimum absolute atomic E-state index is 0.0295. The number of anilines is 2. The first-order valence-electron chi connectivity index (χ1n) is 3.84. The second kappa shape index (κ2) is 3.84. The van der Waals surface area contributed by atoms with Crippen molar-refractivity contribution in [3.8, 4) is 5.75 Å². The molecule has 0 saturated carbocycles. The van der Waals surface area contributed by atoms with E-state index < -0.39 is 18.3 Å². The molecule has 0 aromatic heterocycles. The van der Waals surface area contributed by atoms with Gasteiger partial charge in [0.25, 0.3) is 0 Å². The standard InChI is InChI=1S/C8H8F4N2O/c9-7(8(10,11)12)15-5-3-1-2-4(13)6(5)14/h1-3,7H,13-14H2. The molecular formula is C8H8F4N2O. The van der Waals surface area contributed by atoms with Crippen molar-refractivity contribution in [2.24, 2.45) is 0 Å².